The van der Waals surface area contributed by atoms with Gasteiger partial charge in [-0.05, 0) is 82.4 Å². The molecule has 0 unspecified atom stereocenters. The number of carbonyl (C=O) groups is 3. The summed E-state index contributed by atoms with van der Waals surface area (Å²) in [6, 6.07) is 16.4. The second-order valence-corrected chi connectivity index (χ2v) is 14.4. The monoisotopic (exact) mass is 694 g/mol. The van der Waals surface area contributed by atoms with Crippen molar-refractivity contribution in [3.05, 3.63) is 92.0 Å². The van der Waals surface area contributed by atoms with E-state index in [-0.39, 0.29) is 29.5 Å². The molecule has 2 N–H and O–H groups in total. The van der Waals surface area contributed by atoms with Crippen molar-refractivity contribution in [3.63, 3.8) is 0 Å². The molecule has 2 aliphatic heterocycles. The third-order valence-corrected chi connectivity index (χ3v) is 9.66. The number of amides is 3. The fourth-order valence-electron chi connectivity index (χ4n) is 5.57. The van der Waals surface area contributed by atoms with E-state index < -0.39 is 11.2 Å². The van der Waals surface area contributed by atoms with Gasteiger partial charge in [0.2, 0.25) is 0 Å². The summed E-state index contributed by atoms with van der Waals surface area (Å²) in [6.07, 6.45) is 3.62. The van der Waals surface area contributed by atoms with Crippen LogP contribution in [0.25, 0.3) is 6.08 Å². The van der Waals surface area contributed by atoms with Crippen LogP contribution in [0.5, 0.6) is 0 Å². The van der Waals surface area contributed by atoms with E-state index >= 15 is 0 Å². The topological polar surface area (TPSA) is 112 Å². The minimum atomic E-state index is -1.03. The number of thiazole rings is 1. The van der Waals surface area contributed by atoms with Gasteiger partial charge in [0.1, 0.15) is 11.3 Å². The van der Waals surface area contributed by atoms with E-state index in [1.807, 2.05) is 56.5 Å². The molecular formula is C34H39BrN4O5S. The largest absolute Gasteiger partial charge is 0.444 e. The zero-order valence-electron chi connectivity index (χ0n) is 25.8. The summed E-state index contributed by atoms with van der Waals surface area (Å²) in [6.45, 7) is 7.42. The Morgan fingerprint density at radius 2 is 1.64 bits per heavy atom. The van der Waals surface area contributed by atoms with Crippen LogP contribution in [0.1, 0.15) is 79.0 Å². The van der Waals surface area contributed by atoms with Crippen LogP contribution in [0, 0.1) is 0 Å². The summed E-state index contributed by atoms with van der Waals surface area (Å²) < 4.78 is 6.45. The van der Waals surface area contributed by atoms with Crippen molar-refractivity contribution >= 4 is 51.3 Å². The summed E-state index contributed by atoms with van der Waals surface area (Å²) in [4.78, 5) is 47.7. The van der Waals surface area contributed by atoms with Crippen LogP contribution in [0.2, 0.25) is 0 Å². The highest BCUT2D eigenvalue weighted by molar-refractivity contribution is 9.10. The van der Waals surface area contributed by atoms with E-state index in [2.05, 4.69) is 21.2 Å². The summed E-state index contributed by atoms with van der Waals surface area (Å²) in [5.74, 6) is -0.520. The molecule has 3 aromatic rings. The number of halogens is 1. The number of aliphatic hydroxyl groups is 1. The van der Waals surface area contributed by atoms with Gasteiger partial charge in [-0.15, -0.1) is 11.3 Å². The molecule has 5 rings (SSSR count). The number of piperidine rings is 2. The smallest absolute Gasteiger partial charge is 0.410 e. The molecule has 2 fully saturated rings. The molecule has 0 atom stereocenters. The molecule has 0 spiro atoms. The standard InChI is InChI=1S/C34H39BrN4O5S/c1-33(2,3)44-32(42)39-17-13-24(14-18-39)30-36-27(22-45-30)21-28(37-29(40)23-7-5-4-6-8-23)31(41)38-19-15-34(43,16-20-38)25-9-11-26(35)12-10-25/h4-12,21-22,24,43H,13-20H2,1-3H3,(H,37,40)/b28-21-. The predicted molar refractivity (Wildman–Crippen MR) is 178 cm³/mol. The highest BCUT2D eigenvalue weighted by Gasteiger charge is 2.36. The Morgan fingerprint density at radius 3 is 2.27 bits per heavy atom. The number of nitrogens with one attached hydrogen (secondary N) is 1. The predicted octanol–water partition coefficient (Wildman–Crippen LogP) is 6.30. The summed E-state index contributed by atoms with van der Waals surface area (Å²) in [5, 5.41) is 17.0. The van der Waals surface area contributed by atoms with Gasteiger partial charge in [0, 0.05) is 47.5 Å². The van der Waals surface area contributed by atoms with Crippen molar-refractivity contribution in [1.29, 1.82) is 0 Å². The van der Waals surface area contributed by atoms with Gasteiger partial charge in [0.25, 0.3) is 11.8 Å². The normalized spacial score (nSPS) is 17.6. The van der Waals surface area contributed by atoms with Gasteiger partial charge in [-0.2, -0.15) is 0 Å². The minimum absolute atomic E-state index is 0.134. The average Bonchev–Trinajstić information content (AvgIpc) is 3.49. The zero-order valence-corrected chi connectivity index (χ0v) is 28.2. The fraction of sp³-hybridized carbons (Fsp3) is 0.412. The average molecular weight is 696 g/mol. The second-order valence-electron chi connectivity index (χ2n) is 12.6. The molecule has 238 valence electrons. The van der Waals surface area contributed by atoms with E-state index in [0.29, 0.717) is 50.3 Å². The molecule has 3 heterocycles. The van der Waals surface area contributed by atoms with Gasteiger partial charge in [-0.1, -0.05) is 46.3 Å². The van der Waals surface area contributed by atoms with Crippen molar-refractivity contribution in [2.45, 2.75) is 63.6 Å². The van der Waals surface area contributed by atoms with Gasteiger partial charge in [-0.25, -0.2) is 9.78 Å². The Kier molecular flexibility index (Phi) is 10.1. The lowest BCUT2D eigenvalue weighted by molar-refractivity contribution is -0.131. The summed E-state index contributed by atoms with van der Waals surface area (Å²) >= 11 is 4.95. The molecule has 2 aliphatic rings. The van der Waals surface area contributed by atoms with Crippen molar-refractivity contribution in [1.82, 2.24) is 20.1 Å². The highest BCUT2D eigenvalue weighted by atomic mass is 79.9. The minimum Gasteiger partial charge on any atom is -0.444 e. The molecule has 9 nitrogen and oxygen atoms in total. The molecule has 0 radical (unpaired) electrons. The Bertz CT molecular complexity index is 1530. The van der Waals surface area contributed by atoms with Crippen molar-refractivity contribution in [2.75, 3.05) is 26.2 Å². The molecule has 0 aliphatic carbocycles. The van der Waals surface area contributed by atoms with Gasteiger partial charge in [0.15, 0.2) is 0 Å². The van der Waals surface area contributed by atoms with E-state index in [9.17, 15) is 19.5 Å². The molecule has 2 saturated heterocycles. The molecule has 11 heteroatoms. The van der Waals surface area contributed by atoms with Gasteiger partial charge in [0.05, 0.1) is 16.3 Å². The second kappa shape index (κ2) is 13.8. The number of aromatic nitrogens is 1. The lowest BCUT2D eigenvalue weighted by Crippen LogP contribution is -2.47. The number of hydrogen-bond donors (Lipinski definition) is 2. The van der Waals surface area contributed by atoms with Gasteiger partial charge < -0.3 is 25.0 Å². The summed E-state index contributed by atoms with van der Waals surface area (Å²) in [7, 11) is 0. The third kappa shape index (κ3) is 8.39. The molecular weight excluding hydrogens is 656 g/mol. The van der Waals surface area contributed by atoms with Crippen LogP contribution in [0.4, 0.5) is 4.79 Å². The lowest BCUT2D eigenvalue weighted by atomic mass is 9.84. The molecule has 45 heavy (non-hydrogen) atoms. The number of likely N-dealkylation sites (tertiary alicyclic amines) is 2. The first-order valence-corrected chi connectivity index (χ1v) is 16.9. The number of nitrogens with zero attached hydrogens (tertiary/aromatic N) is 3. The van der Waals surface area contributed by atoms with Crippen LogP contribution < -0.4 is 5.32 Å². The van der Waals surface area contributed by atoms with Crippen LogP contribution in [0.15, 0.2) is 70.1 Å². The summed E-state index contributed by atoms with van der Waals surface area (Å²) in [5.41, 5.74) is 0.411. The Balaban J connectivity index is 1.29. The molecule has 0 bridgehead atoms. The maximum atomic E-state index is 13.9. The SMILES string of the molecule is CC(C)(C)OC(=O)N1CCC(c2nc(/C=C(\NC(=O)c3ccccc3)C(=O)N3CCC(O)(c4ccc(Br)cc4)CC3)cs2)CC1. The van der Waals surface area contributed by atoms with Crippen LogP contribution in [-0.4, -0.2) is 69.6 Å². The number of rotatable bonds is 6. The van der Waals surface area contributed by atoms with Crippen molar-refractivity contribution in [2.24, 2.45) is 0 Å². The number of carbonyl (C=O) groups excluding carboxylic acids is 3. The van der Waals surface area contributed by atoms with Gasteiger partial charge >= 0.3 is 6.09 Å². The van der Waals surface area contributed by atoms with E-state index in [1.165, 1.54) is 11.3 Å². The number of benzene rings is 2. The maximum Gasteiger partial charge on any atom is 0.410 e. The molecule has 3 amide bonds. The quantitative estimate of drug-likeness (QED) is 0.293. The van der Waals surface area contributed by atoms with E-state index in [1.54, 1.807) is 40.1 Å². The number of ether oxygens (including phenoxy) is 1. The fourth-order valence-corrected chi connectivity index (χ4v) is 6.78. The lowest BCUT2D eigenvalue weighted by Gasteiger charge is -2.38. The first-order chi connectivity index (χ1) is 21.4. The van der Waals surface area contributed by atoms with E-state index in [0.717, 1.165) is 27.9 Å². The molecule has 0 saturated carbocycles. The van der Waals surface area contributed by atoms with Crippen LogP contribution >= 0.6 is 27.3 Å². The first kappa shape index (κ1) is 32.8. The highest BCUT2D eigenvalue weighted by Crippen LogP contribution is 2.34. The van der Waals surface area contributed by atoms with Crippen LogP contribution in [-0.2, 0) is 15.1 Å². The number of hydrogen-bond acceptors (Lipinski definition) is 7. The van der Waals surface area contributed by atoms with Crippen molar-refractivity contribution in [3.8, 4) is 0 Å². The molecule has 1 aromatic heterocycles. The van der Waals surface area contributed by atoms with Gasteiger partial charge in [-0.3, -0.25) is 9.59 Å². The Labute approximate surface area is 276 Å². The zero-order chi connectivity index (χ0) is 32.2. The molecule has 2 aromatic carbocycles. The van der Waals surface area contributed by atoms with E-state index in [4.69, 9.17) is 9.72 Å². The first-order valence-electron chi connectivity index (χ1n) is 15.2. The maximum absolute atomic E-state index is 13.9. The Hall–Kier alpha value is -3.54. The van der Waals surface area contributed by atoms with Crippen LogP contribution in [0.3, 0.4) is 0 Å². The third-order valence-electron chi connectivity index (χ3n) is 8.10. The Morgan fingerprint density at radius 1 is 1.00 bits per heavy atom. The van der Waals surface area contributed by atoms with Crippen molar-refractivity contribution < 1.29 is 24.2 Å².